The second kappa shape index (κ2) is 4.63. The van der Waals surface area contributed by atoms with Crippen molar-refractivity contribution >= 4 is 34.7 Å². The fourth-order valence-electron chi connectivity index (χ4n) is 1.37. The van der Waals surface area contributed by atoms with E-state index in [0.29, 0.717) is 22.1 Å². The predicted molar refractivity (Wildman–Crippen MR) is 69.4 cm³/mol. The largest absolute Gasteiger partial charge is 0.423 e. The van der Waals surface area contributed by atoms with Gasteiger partial charge in [0, 0.05) is 17.1 Å². The number of benzene rings is 1. The third-order valence-electron chi connectivity index (χ3n) is 1.98. The van der Waals surface area contributed by atoms with E-state index in [-0.39, 0.29) is 12.0 Å². The molecule has 0 bridgehead atoms. The number of rotatable bonds is 2. The molecule has 2 aromatic rings. The summed E-state index contributed by atoms with van der Waals surface area (Å²) in [6, 6.07) is 5.65. The number of aliphatic imine (C=N–C) groups is 1. The quantitative estimate of drug-likeness (QED) is 0.636. The lowest BCUT2D eigenvalue weighted by Gasteiger charge is -2.01. The molecule has 90 valence electrons. The normalized spacial score (nSPS) is 12.4. The highest BCUT2D eigenvalue weighted by atomic mass is 35.5. The highest BCUT2D eigenvalue weighted by Crippen LogP contribution is 2.22. The van der Waals surface area contributed by atoms with Crippen LogP contribution in [0.1, 0.15) is 13.8 Å². The van der Waals surface area contributed by atoms with Gasteiger partial charge in [0.05, 0.1) is 0 Å². The molecule has 0 aliphatic rings. The van der Waals surface area contributed by atoms with Crippen molar-refractivity contribution in [1.82, 2.24) is 4.98 Å². The molecule has 6 heteroatoms. The van der Waals surface area contributed by atoms with Gasteiger partial charge in [-0.05, 0) is 26.0 Å². The second-order valence-corrected chi connectivity index (χ2v) is 4.30. The highest BCUT2D eigenvalue weighted by molar-refractivity contribution is 6.31. The molecule has 0 fully saturated rings. The van der Waals surface area contributed by atoms with Crippen LogP contribution in [0.15, 0.2) is 27.6 Å². The molecule has 5 nitrogen and oxygen atoms in total. The summed E-state index contributed by atoms with van der Waals surface area (Å²) in [7, 11) is 0. The van der Waals surface area contributed by atoms with E-state index in [0.717, 1.165) is 0 Å². The monoisotopic (exact) mass is 252 g/mol. The Labute approximate surface area is 104 Å². The van der Waals surface area contributed by atoms with E-state index in [9.17, 15) is 0 Å². The molecule has 0 saturated heterocycles. The van der Waals surface area contributed by atoms with Gasteiger partial charge in [0.1, 0.15) is 5.52 Å². The lowest BCUT2D eigenvalue weighted by Crippen LogP contribution is -2.24. The first-order valence-corrected chi connectivity index (χ1v) is 5.59. The van der Waals surface area contributed by atoms with E-state index >= 15 is 0 Å². The van der Waals surface area contributed by atoms with Gasteiger partial charge in [-0.1, -0.05) is 11.6 Å². The Morgan fingerprint density at radius 1 is 1.53 bits per heavy atom. The fourth-order valence-corrected chi connectivity index (χ4v) is 1.53. The SMILES string of the molecule is CC(C)N=C(N)Nc1nc2ccc(Cl)cc2o1. The Morgan fingerprint density at radius 3 is 3.00 bits per heavy atom. The van der Waals surface area contributed by atoms with Crippen LogP contribution >= 0.6 is 11.6 Å². The number of nitrogens with one attached hydrogen (secondary N) is 1. The summed E-state index contributed by atoms with van der Waals surface area (Å²) >= 11 is 5.85. The zero-order valence-electron chi connectivity index (χ0n) is 9.57. The molecule has 0 spiro atoms. The van der Waals surface area contributed by atoms with Crippen molar-refractivity contribution in [1.29, 1.82) is 0 Å². The molecule has 0 saturated carbocycles. The lowest BCUT2D eigenvalue weighted by atomic mass is 10.3. The molecule has 0 aliphatic heterocycles. The summed E-state index contributed by atoms with van der Waals surface area (Å²) in [5, 5.41) is 3.39. The number of nitrogens with zero attached hydrogens (tertiary/aromatic N) is 2. The number of halogens is 1. The molecule has 1 aromatic heterocycles. The van der Waals surface area contributed by atoms with Crippen LogP contribution in [-0.2, 0) is 0 Å². The predicted octanol–water partition coefficient (Wildman–Crippen LogP) is 2.62. The Hall–Kier alpha value is -1.75. The molecular formula is C11H13ClN4O. The van der Waals surface area contributed by atoms with Crippen LogP contribution in [0.2, 0.25) is 5.02 Å². The zero-order valence-corrected chi connectivity index (χ0v) is 10.3. The van der Waals surface area contributed by atoms with Crippen molar-refractivity contribution < 1.29 is 4.42 Å². The minimum atomic E-state index is 0.112. The molecule has 2 rings (SSSR count). The smallest absolute Gasteiger partial charge is 0.302 e. The number of hydrogen-bond donors (Lipinski definition) is 2. The Morgan fingerprint density at radius 2 is 2.29 bits per heavy atom. The lowest BCUT2D eigenvalue weighted by molar-refractivity contribution is 0.624. The van der Waals surface area contributed by atoms with Gasteiger partial charge >= 0.3 is 6.01 Å². The van der Waals surface area contributed by atoms with Crippen molar-refractivity contribution in [3.63, 3.8) is 0 Å². The minimum absolute atomic E-state index is 0.112. The summed E-state index contributed by atoms with van der Waals surface area (Å²) in [5.74, 6) is 0.276. The van der Waals surface area contributed by atoms with E-state index in [2.05, 4.69) is 15.3 Å². The van der Waals surface area contributed by atoms with Gasteiger partial charge in [0.15, 0.2) is 11.5 Å². The maximum absolute atomic E-state index is 5.85. The molecule has 0 radical (unpaired) electrons. The first-order chi connectivity index (χ1) is 8.04. The molecule has 0 aliphatic carbocycles. The number of nitrogens with two attached hydrogens (primary N) is 1. The van der Waals surface area contributed by atoms with Crippen molar-refractivity contribution in [2.75, 3.05) is 5.32 Å². The van der Waals surface area contributed by atoms with Crippen LogP contribution < -0.4 is 11.1 Å². The zero-order chi connectivity index (χ0) is 12.4. The molecule has 1 aromatic carbocycles. The van der Waals surface area contributed by atoms with E-state index in [1.165, 1.54) is 0 Å². The number of aromatic nitrogens is 1. The Bertz CT molecular complexity index is 562. The van der Waals surface area contributed by atoms with Crippen molar-refractivity contribution in [3.05, 3.63) is 23.2 Å². The van der Waals surface area contributed by atoms with Gasteiger partial charge in [0.25, 0.3) is 0 Å². The van der Waals surface area contributed by atoms with Crippen molar-refractivity contribution in [3.8, 4) is 0 Å². The van der Waals surface area contributed by atoms with E-state index in [1.54, 1.807) is 18.2 Å². The van der Waals surface area contributed by atoms with Crippen LogP contribution in [0.25, 0.3) is 11.1 Å². The number of hydrogen-bond acceptors (Lipinski definition) is 3. The number of oxazole rings is 1. The molecule has 1 heterocycles. The van der Waals surface area contributed by atoms with Gasteiger partial charge in [0.2, 0.25) is 0 Å². The van der Waals surface area contributed by atoms with Gasteiger partial charge in [-0.3, -0.25) is 10.3 Å². The average Bonchev–Trinajstić information content (AvgIpc) is 2.57. The van der Waals surface area contributed by atoms with Gasteiger partial charge in [-0.15, -0.1) is 0 Å². The summed E-state index contributed by atoms with van der Waals surface area (Å²) in [4.78, 5) is 8.32. The standard InChI is InChI=1S/C11H13ClN4O/c1-6(2)14-10(13)16-11-15-8-4-3-7(12)5-9(8)17-11/h3-6H,1-2H3,(H3,13,14,15,16). The summed E-state index contributed by atoms with van der Waals surface area (Å²) in [6.07, 6.45) is 0. The summed E-state index contributed by atoms with van der Waals surface area (Å²) in [6.45, 7) is 3.86. The molecule has 3 N–H and O–H groups in total. The number of fused-ring (bicyclic) bond motifs is 1. The van der Waals surface area contributed by atoms with E-state index in [1.807, 2.05) is 13.8 Å². The Kier molecular flexibility index (Phi) is 3.19. The third kappa shape index (κ3) is 2.88. The topological polar surface area (TPSA) is 76.4 Å². The maximum Gasteiger partial charge on any atom is 0.302 e. The van der Waals surface area contributed by atoms with Crippen LogP contribution in [0, 0.1) is 0 Å². The van der Waals surface area contributed by atoms with Crippen LogP contribution in [-0.4, -0.2) is 17.0 Å². The third-order valence-corrected chi connectivity index (χ3v) is 2.22. The van der Waals surface area contributed by atoms with Crippen molar-refractivity contribution in [2.45, 2.75) is 19.9 Å². The Balaban J connectivity index is 2.25. The van der Waals surface area contributed by atoms with Gasteiger partial charge in [-0.25, -0.2) is 0 Å². The first-order valence-electron chi connectivity index (χ1n) is 5.21. The molecular weight excluding hydrogens is 240 g/mol. The van der Waals surface area contributed by atoms with Gasteiger partial charge in [-0.2, -0.15) is 4.98 Å². The van der Waals surface area contributed by atoms with Crippen LogP contribution in [0.4, 0.5) is 6.01 Å². The average molecular weight is 253 g/mol. The highest BCUT2D eigenvalue weighted by Gasteiger charge is 2.06. The van der Waals surface area contributed by atoms with Gasteiger partial charge < -0.3 is 10.2 Å². The molecule has 0 unspecified atom stereocenters. The molecule has 0 atom stereocenters. The summed E-state index contributed by atoms with van der Waals surface area (Å²) in [5.41, 5.74) is 7.00. The molecule has 17 heavy (non-hydrogen) atoms. The minimum Gasteiger partial charge on any atom is -0.423 e. The summed E-state index contributed by atoms with van der Waals surface area (Å²) < 4.78 is 5.43. The number of guanidine groups is 1. The maximum atomic E-state index is 5.85. The van der Waals surface area contributed by atoms with Crippen molar-refractivity contribution in [2.24, 2.45) is 10.7 Å². The first kappa shape index (κ1) is 11.7. The van der Waals surface area contributed by atoms with E-state index < -0.39 is 0 Å². The number of anilines is 1. The molecule has 0 amide bonds. The van der Waals surface area contributed by atoms with Crippen LogP contribution in [0.3, 0.4) is 0 Å². The second-order valence-electron chi connectivity index (χ2n) is 3.86. The van der Waals surface area contributed by atoms with E-state index in [4.69, 9.17) is 21.8 Å². The van der Waals surface area contributed by atoms with Crippen LogP contribution in [0.5, 0.6) is 0 Å². The fraction of sp³-hybridized carbons (Fsp3) is 0.273.